The fourth-order valence-corrected chi connectivity index (χ4v) is 2.28. The van der Waals surface area contributed by atoms with Gasteiger partial charge in [0.1, 0.15) is 5.75 Å². The van der Waals surface area contributed by atoms with Gasteiger partial charge in [-0.3, -0.25) is 0 Å². The third-order valence-corrected chi connectivity index (χ3v) is 3.45. The maximum absolute atomic E-state index is 6.04. The zero-order chi connectivity index (χ0) is 13.8. The minimum absolute atomic E-state index is 0.454. The van der Waals surface area contributed by atoms with Gasteiger partial charge in [-0.2, -0.15) is 0 Å². The van der Waals surface area contributed by atoms with Crippen LogP contribution in [0.15, 0.2) is 34.9 Å². The molecule has 1 aromatic heterocycles. The van der Waals surface area contributed by atoms with Crippen molar-refractivity contribution in [1.29, 1.82) is 0 Å². The highest BCUT2D eigenvalue weighted by molar-refractivity contribution is 9.10. The van der Waals surface area contributed by atoms with Gasteiger partial charge in [-0.25, -0.2) is 4.98 Å². The average Bonchev–Trinajstić information content (AvgIpc) is 2.40. The molecule has 100 valence electrons. The summed E-state index contributed by atoms with van der Waals surface area (Å²) in [5, 5.41) is 3.72. The summed E-state index contributed by atoms with van der Waals surface area (Å²) in [6.45, 7) is 2.68. The molecule has 0 aliphatic heterocycles. The van der Waals surface area contributed by atoms with Gasteiger partial charge in [0.25, 0.3) is 0 Å². The van der Waals surface area contributed by atoms with E-state index in [2.05, 4.69) is 39.2 Å². The molecule has 5 heteroatoms. The van der Waals surface area contributed by atoms with Crippen LogP contribution >= 0.6 is 27.5 Å². The fraction of sp³-hybridized carbons (Fsp3) is 0.214. The van der Waals surface area contributed by atoms with Crippen LogP contribution in [0.2, 0.25) is 5.15 Å². The lowest BCUT2D eigenvalue weighted by Gasteiger charge is -2.12. The molecule has 0 bridgehead atoms. The standard InChI is InChI=1S/C14H14BrClN2O/c1-9-3-4-13(19-2)10(5-9)7-17-12-6-11(15)8-18-14(12)16/h3-6,8,17H,7H2,1-2H3. The number of hydrogen-bond donors (Lipinski definition) is 1. The Balaban J connectivity index is 2.18. The molecule has 0 fully saturated rings. The molecule has 0 amide bonds. The van der Waals surface area contributed by atoms with Gasteiger partial charge in [0.2, 0.25) is 0 Å². The lowest BCUT2D eigenvalue weighted by atomic mass is 10.1. The molecule has 0 saturated carbocycles. The van der Waals surface area contributed by atoms with Gasteiger partial charge in [-0.05, 0) is 35.0 Å². The number of aryl methyl sites for hydroxylation is 1. The van der Waals surface area contributed by atoms with Gasteiger partial charge >= 0.3 is 0 Å². The van der Waals surface area contributed by atoms with E-state index in [-0.39, 0.29) is 0 Å². The molecule has 3 nitrogen and oxygen atoms in total. The number of pyridine rings is 1. The minimum Gasteiger partial charge on any atom is -0.496 e. The van der Waals surface area contributed by atoms with Crippen LogP contribution in [0, 0.1) is 6.92 Å². The van der Waals surface area contributed by atoms with Crippen LogP contribution in [-0.2, 0) is 6.54 Å². The SMILES string of the molecule is COc1ccc(C)cc1CNc1cc(Br)cnc1Cl. The van der Waals surface area contributed by atoms with Crippen molar-refractivity contribution in [2.45, 2.75) is 13.5 Å². The Hall–Kier alpha value is -1.26. The van der Waals surface area contributed by atoms with E-state index in [0.717, 1.165) is 21.5 Å². The third kappa shape index (κ3) is 3.61. The number of benzene rings is 1. The quantitative estimate of drug-likeness (QED) is 0.836. The van der Waals surface area contributed by atoms with Gasteiger partial charge in [0.15, 0.2) is 5.15 Å². The Labute approximate surface area is 126 Å². The zero-order valence-electron chi connectivity index (χ0n) is 10.7. The largest absolute Gasteiger partial charge is 0.496 e. The Bertz CT molecular complexity index is 590. The van der Waals surface area contributed by atoms with Crippen molar-refractivity contribution in [2.75, 3.05) is 12.4 Å². The fourth-order valence-electron chi connectivity index (χ4n) is 1.78. The molecular weight excluding hydrogens is 328 g/mol. The summed E-state index contributed by atoms with van der Waals surface area (Å²) in [5.41, 5.74) is 3.06. The van der Waals surface area contributed by atoms with Crippen LogP contribution in [0.3, 0.4) is 0 Å². The van der Waals surface area contributed by atoms with E-state index >= 15 is 0 Å². The first-order chi connectivity index (χ1) is 9.10. The summed E-state index contributed by atoms with van der Waals surface area (Å²) in [4.78, 5) is 4.08. The topological polar surface area (TPSA) is 34.1 Å². The van der Waals surface area contributed by atoms with Crippen LogP contribution in [0.25, 0.3) is 0 Å². The van der Waals surface area contributed by atoms with E-state index in [4.69, 9.17) is 16.3 Å². The maximum atomic E-state index is 6.04. The second kappa shape index (κ2) is 6.26. The highest BCUT2D eigenvalue weighted by Crippen LogP contribution is 2.25. The Morgan fingerprint density at radius 3 is 2.89 bits per heavy atom. The Morgan fingerprint density at radius 2 is 2.16 bits per heavy atom. The van der Waals surface area contributed by atoms with Crippen LogP contribution in [-0.4, -0.2) is 12.1 Å². The molecule has 0 spiro atoms. The average molecular weight is 342 g/mol. The first-order valence-corrected chi connectivity index (χ1v) is 6.95. The molecule has 1 heterocycles. The van der Waals surface area contributed by atoms with Crippen molar-refractivity contribution in [3.05, 3.63) is 51.2 Å². The number of aromatic nitrogens is 1. The van der Waals surface area contributed by atoms with Crippen molar-refractivity contribution >= 4 is 33.2 Å². The van der Waals surface area contributed by atoms with Gasteiger partial charge < -0.3 is 10.1 Å². The Kier molecular flexibility index (Phi) is 4.66. The van der Waals surface area contributed by atoms with Crippen LogP contribution < -0.4 is 10.1 Å². The van der Waals surface area contributed by atoms with Crippen LogP contribution in [0.4, 0.5) is 5.69 Å². The molecule has 1 aromatic carbocycles. The normalized spacial score (nSPS) is 10.3. The van der Waals surface area contributed by atoms with Gasteiger partial charge in [-0.1, -0.05) is 29.3 Å². The highest BCUT2D eigenvalue weighted by Gasteiger charge is 2.06. The zero-order valence-corrected chi connectivity index (χ0v) is 13.0. The molecule has 2 aromatic rings. The van der Waals surface area contributed by atoms with Crippen molar-refractivity contribution in [3.8, 4) is 5.75 Å². The monoisotopic (exact) mass is 340 g/mol. The van der Waals surface area contributed by atoms with Crippen molar-refractivity contribution in [2.24, 2.45) is 0 Å². The number of halogens is 2. The summed E-state index contributed by atoms with van der Waals surface area (Å²) < 4.78 is 6.23. The van der Waals surface area contributed by atoms with Gasteiger partial charge in [0.05, 0.1) is 12.8 Å². The van der Waals surface area contributed by atoms with E-state index in [0.29, 0.717) is 11.7 Å². The summed E-state index contributed by atoms with van der Waals surface area (Å²) in [6, 6.07) is 7.98. The van der Waals surface area contributed by atoms with Gasteiger partial charge in [0, 0.05) is 22.8 Å². The molecule has 0 aliphatic carbocycles. The number of methoxy groups -OCH3 is 1. The first kappa shape index (κ1) is 14.2. The molecule has 0 radical (unpaired) electrons. The molecule has 2 rings (SSSR count). The summed E-state index contributed by atoms with van der Waals surface area (Å²) in [5.74, 6) is 0.858. The molecule has 0 unspecified atom stereocenters. The highest BCUT2D eigenvalue weighted by atomic mass is 79.9. The molecule has 0 saturated heterocycles. The number of ether oxygens (including phenoxy) is 1. The summed E-state index contributed by atoms with van der Waals surface area (Å²) in [6.07, 6.45) is 1.67. The summed E-state index contributed by atoms with van der Waals surface area (Å²) in [7, 11) is 1.67. The van der Waals surface area contributed by atoms with Crippen LogP contribution in [0.5, 0.6) is 5.75 Å². The molecular formula is C14H14BrClN2O. The maximum Gasteiger partial charge on any atom is 0.152 e. The van der Waals surface area contributed by atoms with E-state index in [1.165, 1.54) is 5.56 Å². The lowest BCUT2D eigenvalue weighted by Crippen LogP contribution is -2.03. The van der Waals surface area contributed by atoms with E-state index in [9.17, 15) is 0 Å². The van der Waals surface area contributed by atoms with E-state index in [1.54, 1.807) is 13.3 Å². The number of hydrogen-bond acceptors (Lipinski definition) is 3. The third-order valence-electron chi connectivity index (χ3n) is 2.71. The Morgan fingerprint density at radius 1 is 1.37 bits per heavy atom. The van der Waals surface area contributed by atoms with E-state index in [1.807, 2.05) is 18.2 Å². The summed E-state index contributed by atoms with van der Waals surface area (Å²) >= 11 is 9.42. The number of rotatable bonds is 4. The minimum atomic E-state index is 0.454. The smallest absolute Gasteiger partial charge is 0.152 e. The van der Waals surface area contributed by atoms with Gasteiger partial charge in [-0.15, -0.1) is 0 Å². The van der Waals surface area contributed by atoms with Crippen molar-refractivity contribution in [1.82, 2.24) is 4.98 Å². The molecule has 0 atom stereocenters. The van der Waals surface area contributed by atoms with Crippen LogP contribution in [0.1, 0.15) is 11.1 Å². The molecule has 19 heavy (non-hydrogen) atoms. The molecule has 0 aliphatic rings. The second-order valence-electron chi connectivity index (χ2n) is 4.16. The lowest BCUT2D eigenvalue weighted by molar-refractivity contribution is 0.410. The number of anilines is 1. The molecule has 1 N–H and O–H groups in total. The first-order valence-electron chi connectivity index (χ1n) is 5.78. The predicted octanol–water partition coefficient (Wildman–Crippen LogP) is 4.43. The predicted molar refractivity (Wildman–Crippen MR) is 82.0 cm³/mol. The number of nitrogens with zero attached hydrogens (tertiary/aromatic N) is 1. The van der Waals surface area contributed by atoms with Crippen molar-refractivity contribution < 1.29 is 4.74 Å². The van der Waals surface area contributed by atoms with E-state index < -0.39 is 0 Å². The van der Waals surface area contributed by atoms with Crippen molar-refractivity contribution in [3.63, 3.8) is 0 Å². The number of nitrogens with one attached hydrogen (secondary N) is 1. The second-order valence-corrected chi connectivity index (χ2v) is 5.43.